The lowest BCUT2D eigenvalue weighted by Crippen LogP contribution is -2.16. The van der Waals surface area contributed by atoms with Crippen molar-refractivity contribution in [3.8, 4) is 11.4 Å². The van der Waals surface area contributed by atoms with Crippen LogP contribution in [0.2, 0.25) is 5.02 Å². The number of carbonyl (C=O) groups is 1. The van der Waals surface area contributed by atoms with Gasteiger partial charge in [-0.25, -0.2) is 9.67 Å². The van der Waals surface area contributed by atoms with E-state index in [1.807, 2.05) is 31.2 Å². The number of carbonyl (C=O) groups excluding carboxylic acids is 1. The van der Waals surface area contributed by atoms with Crippen molar-refractivity contribution in [1.82, 2.24) is 14.8 Å². The molecule has 0 aliphatic heterocycles. The second-order valence-corrected chi connectivity index (χ2v) is 5.69. The minimum Gasteiger partial charge on any atom is -0.494 e. The summed E-state index contributed by atoms with van der Waals surface area (Å²) in [5.41, 5.74) is 2.06. The van der Waals surface area contributed by atoms with Crippen LogP contribution in [0, 0.1) is 0 Å². The lowest BCUT2D eigenvalue weighted by Gasteiger charge is -2.12. The van der Waals surface area contributed by atoms with E-state index >= 15 is 0 Å². The fourth-order valence-electron chi connectivity index (χ4n) is 2.42. The van der Waals surface area contributed by atoms with Gasteiger partial charge < -0.3 is 10.1 Å². The number of hydrogen-bond acceptors (Lipinski definition) is 4. The Balaban J connectivity index is 1.74. The molecule has 0 aliphatic carbocycles. The van der Waals surface area contributed by atoms with E-state index in [0.717, 1.165) is 11.3 Å². The van der Waals surface area contributed by atoms with E-state index < -0.39 is 0 Å². The van der Waals surface area contributed by atoms with Gasteiger partial charge in [-0.05, 0) is 36.8 Å². The molecule has 1 aromatic heterocycles. The number of hydrogen-bond donors (Lipinski definition) is 1. The van der Waals surface area contributed by atoms with Gasteiger partial charge in [-0.2, -0.15) is 5.10 Å². The molecule has 1 amide bonds. The molecule has 7 heteroatoms. The van der Waals surface area contributed by atoms with E-state index in [4.69, 9.17) is 16.3 Å². The maximum absolute atomic E-state index is 12.4. The maximum Gasteiger partial charge on any atom is 0.228 e. The molecule has 3 aromatic rings. The minimum atomic E-state index is -0.146. The third kappa shape index (κ3) is 4.16. The quantitative estimate of drug-likeness (QED) is 0.734. The lowest BCUT2D eigenvalue weighted by molar-refractivity contribution is -0.115. The second kappa shape index (κ2) is 7.81. The van der Waals surface area contributed by atoms with Crippen LogP contribution in [0.4, 0.5) is 5.69 Å². The molecule has 0 unspecified atom stereocenters. The summed E-state index contributed by atoms with van der Waals surface area (Å²) in [4.78, 5) is 16.3. The number of rotatable bonds is 6. The molecule has 1 heterocycles. The molecular weight excluding hydrogens is 340 g/mol. The standard InChI is InChI=1S/C18H17ClN4O2/c1-2-25-14-8-6-13(7-9-14)10-17(24)22-16-5-3-4-15(19)18(16)23-12-20-11-21-23/h3-9,11-12H,2,10H2,1H3,(H,22,24). The molecule has 0 atom stereocenters. The van der Waals surface area contributed by atoms with Crippen molar-refractivity contribution < 1.29 is 9.53 Å². The number of nitrogens with one attached hydrogen (secondary N) is 1. The third-order valence-corrected chi connectivity index (χ3v) is 3.81. The molecule has 0 fully saturated rings. The Morgan fingerprint density at radius 1 is 1.24 bits per heavy atom. The first-order valence-corrected chi connectivity index (χ1v) is 8.20. The van der Waals surface area contributed by atoms with Crippen molar-refractivity contribution in [2.75, 3.05) is 11.9 Å². The number of anilines is 1. The van der Waals surface area contributed by atoms with Crippen LogP contribution in [-0.4, -0.2) is 27.3 Å². The van der Waals surface area contributed by atoms with Crippen molar-refractivity contribution in [1.29, 1.82) is 0 Å². The van der Waals surface area contributed by atoms with E-state index in [9.17, 15) is 4.79 Å². The number of halogens is 1. The zero-order valence-corrected chi connectivity index (χ0v) is 14.4. The summed E-state index contributed by atoms with van der Waals surface area (Å²) in [6.07, 6.45) is 3.19. The number of amides is 1. The Morgan fingerprint density at radius 3 is 2.72 bits per heavy atom. The van der Waals surface area contributed by atoms with Crippen LogP contribution < -0.4 is 10.1 Å². The smallest absolute Gasteiger partial charge is 0.228 e. The van der Waals surface area contributed by atoms with E-state index in [-0.39, 0.29) is 12.3 Å². The molecule has 2 aromatic carbocycles. The monoisotopic (exact) mass is 356 g/mol. The van der Waals surface area contributed by atoms with Crippen LogP contribution in [0.15, 0.2) is 55.1 Å². The van der Waals surface area contributed by atoms with E-state index in [1.54, 1.807) is 18.2 Å². The fraction of sp³-hybridized carbons (Fsp3) is 0.167. The highest BCUT2D eigenvalue weighted by Crippen LogP contribution is 2.27. The molecule has 3 rings (SSSR count). The van der Waals surface area contributed by atoms with Crippen molar-refractivity contribution in [2.45, 2.75) is 13.3 Å². The van der Waals surface area contributed by atoms with Crippen molar-refractivity contribution in [2.24, 2.45) is 0 Å². The van der Waals surface area contributed by atoms with Crippen LogP contribution in [0.3, 0.4) is 0 Å². The molecule has 0 aliphatic rings. The Kier molecular flexibility index (Phi) is 5.30. The highest BCUT2D eigenvalue weighted by molar-refractivity contribution is 6.33. The highest BCUT2D eigenvalue weighted by atomic mass is 35.5. The van der Waals surface area contributed by atoms with Gasteiger partial charge in [0.15, 0.2) is 0 Å². The molecule has 0 spiro atoms. The number of aromatic nitrogens is 3. The molecular formula is C18H17ClN4O2. The van der Waals surface area contributed by atoms with Crippen LogP contribution in [0.25, 0.3) is 5.69 Å². The van der Waals surface area contributed by atoms with Crippen LogP contribution in [0.5, 0.6) is 5.75 Å². The summed E-state index contributed by atoms with van der Waals surface area (Å²) in [7, 11) is 0. The summed E-state index contributed by atoms with van der Waals surface area (Å²) in [5.74, 6) is 0.641. The fourth-order valence-corrected chi connectivity index (χ4v) is 2.68. The Hall–Kier alpha value is -2.86. The average Bonchev–Trinajstić information content (AvgIpc) is 3.11. The number of para-hydroxylation sites is 1. The summed E-state index contributed by atoms with van der Waals surface area (Å²) in [6, 6.07) is 12.7. The zero-order chi connectivity index (χ0) is 17.6. The molecule has 128 valence electrons. The van der Waals surface area contributed by atoms with Crippen molar-refractivity contribution in [3.63, 3.8) is 0 Å². The molecule has 1 N–H and O–H groups in total. The molecule has 0 saturated carbocycles. The summed E-state index contributed by atoms with van der Waals surface area (Å²) in [5, 5.41) is 7.44. The van der Waals surface area contributed by atoms with Gasteiger partial charge in [-0.15, -0.1) is 0 Å². The van der Waals surface area contributed by atoms with Gasteiger partial charge in [-0.3, -0.25) is 4.79 Å². The van der Waals surface area contributed by atoms with Gasteiger partial charge in [-0.1, -0.05) is 29.8 Å². The number of nitrogens with zero attached hydrogens (tertiary/aromatic N) is 3. The highest BCUT2D eigenvalue weighted by Gasteiger charge is 2.13. The number of benzene rings is 2. The Labute approximate surface area is 150 Å². The first kappa shape index (κ1) is 17.0. The van der Waals surface area contributed by atoms with Crippen LogP contribution in [-0.2, 0) is 11.2 Å². The topological polar surface area (TPSA) is 69.0 Å². The zero-order valence-electron chi connectivity index (χ0n) is 13.6. The predicted molar refractivity (Wildman–Crippen MR) is 96.3 cm³/mol. The van der Waals surface area contributed by atoms with Gasteiger partial charge in [0.25, 0.3) is 0 Å². The molecule has 0 radical (unpaired) electrons. The van der Waals surface area contributed by atoms with Crippen LogP contribution >= 0.6 is 11.6 Å². The summed E-state index contributed by atoms with van der Waals surface area (Å²) >= 11 is 6.26. The van der Waals surface area contributed by atoms with Crippen LogP contribution in [0.1, 0.15) is 12.5 Å². The largest absolute Gasteiger partial charge is 0.494 e. The SMILES string of the molecule is CCOc1ccc(CC(=O)Nc2cccc(Cl)c2-n2cncn2)cc1. The van der Waals surface area contributed by atoms with Gasteiger partial charge >= 0.3 is 0 Å². The lowest BCUT2D eigenvalue weighted by atomic mass is 10.1. The van der Waals surface area contributed by atoms with E-state index in [2.05, 4.69) is 15.4 Å². The first-order chi connectivity index (χ1) is 12.2. The first-order valence-electron chi connectivity index (χ1n) is 7.82. The maximum atomic E-state index is 12.4. The van der Waals surface area contributed by atoms with E-state index in [0.29, 0.717) is 23.0 Å². The van der Waals surface area contributed by atoms with Crippen molar-refractivity contribution in [3.05, 3.63) is 65.7 Å². The minimum absolute atomic E-state index is 0.146. The summed E-state index contributed by atoms with van der Waals surface area (Å²) in [6.45, 7) is 2.54. The van der Waals surface area contributed by atoms with E-state index in [1.165, 1.54) is 17.3 Å². The Bertz CT molecular complexity index is 848. The van der Waals surface area contributed by atoms with Crippen molar-refractivity contribution >= 4 is 23.2 Å². The molecule has 25 heavy (non-hydrogen) atoms. The normalized spacial score (nSPS) is 10.5. The van der Waals surface area contributed by atoms with Gasteiger partial charge in [0, 0.05) is 0 Å². The Morgan fingerprint density at radius 2 is 2.04 bits per heavy atom. The van der Waals surface area contributed by atoms with Gasteiger partial charge in [0.1, 0.15) is 24.1 Å². The molecule has 0 saturated heterocycles. The van der Waals surface area contributed by atoms with Gasteiger partial charge in [0.2, 0.25) is 5.91 Å². The van der Waals surface area contributed by atoms with Gasteiger partial charge in [0.05, 0.1) is 23.7 Å². The molecule has 6 nitrogen and oxygen atoms in total. The molecule has 0 bridgehead atoms. The average molecular weight is 357 g/mol. The number of ether oxygens (including phenoxy) is 1. The third-order valence-electron chi connectivity index (χ3n) is 3.51. The summed E-state index contributed by atoms with van der Waals surface area (Å²) < 4.78 is 6.92. The second-order valence-electron chi connectivity index (χ2n) is 5.28. The predicted octanol–water partition coefficient (Wildman–Crippen LogP) is 3.50.